The maximum Gasteiger partial charge on any atom is 0.161 e. The molecule has 0 aliphatic carbocycles. The van der Waals surface area contributed by atoms with Crippen LogP contribution in [0.4, 0.5) is 0 Å². The third kappa shape index (κ3) is 3.05. The fourth-order valence-electron chi connectivity index (χ4n) is 2.01. The number of hydrogen-bond acceptors (Lipinski definition) is 3. The Bertz CT molecular complexity index is 417. The molecule has 1 aliphatic heterocycles. The van der Waals surface area contributed by atoms with E-state index in [1.807, 2.05) is 12.1 Å². The molecule has 0 bridgehead atoms. The van der Waals surface area contributed by atoms with Gasteiger partial charge >= 0.3 is 0 Å². The Morgan fingerprint density at radius 3 is 2.67 bits per heavy atom. The van der Waals surface area contributed by atoms with Crippen molar-refractivity contribution < 1.29 is 9.47 Å². The van der Waals surface area contributed by atoms with E-state index in [-0.39, 0.29) is 12.1 Å². The van der Waals surface area contributed by atoms with E-state index in [2.05, 4.69) is 37.9 Å². The summed E-state index contributed by atoms with van der Waals surface area (Å²) in [6, 6.07) is 6.69. The van der Waals surface area contributed by atoms with E-state index in [9.17, 15) is 0 Å². The van der Waals surface area contributed by atoms with Crippen molar-refractivity contribution in [1.29, 1.82) is 0 Å². The summed E-state index contributed by atoms with van der Waals surface area (Å²) >= 11 is 0. The first-order valence-electron chi connectivity index (χ1n) is 6.49. The molecular weight excluding hydrogens is 226 g/mol. The molecule has 0 aromatic heterocycles. The zero-order valence-corrected chi connectivity index (χ0v) is 11.1. The summed E-state index contributed by atoms with van der Waals surface area (Å²) < 4.78 is 11.3. The molecule has 2 rings (SSSR count). The van der Waals surface area contributed by atoms with Crippen LogP contribution in [0.3, 0.4) is 0 Å². The SMILES string of the molecule is C=CC(C)NC(C)c1ccc2c(c1)OCCCO2. The number of nitrogens with one attached hydrogen (secondary N) is 1. The van der Waals surface area contributed by atoms with E-state index in [1.165, 1.54) is 5.56 Å². The monoisotopic (exact) mass is 247 g/mol. The maximum atomic E-state index is 5.70. The van der Waals surface area contributed by atoms with Gasteiger partial charge in [0.2, 0.25) is 0 Å². The lowest BCUT2D eigenvalue weighted by Crippen LogP contribution is -2.26. The molecule has 0 saturated carbocycles. The highest BCUT2D eigenvalue weighted by molar-refractivity contribution is 5.44. The molecule has 1 N–H and O–H groups in total. The maximum absolute atomic E-state index is 5.70. The molecule has 18 heavy (non-hydrogen) atoms. The average Bonchev–Trinajstić information content (AvgIpc) is 2.62. The van der Waals surface area contributed by atoms with E-state index >= 15 is 0 Å². The second kappa shape index (κ2) is 5.91. The van der Waals surface area contributed by atoms with E-state index in [0.717, 1.165) is 31.1 Å². The van der Waals surface area contributed by atoms with Gasteiger partial charge in [0.05, 0.1) is 13.2 Å². The van der Waals surface area contributed by atoms with Gasteiger partial charge in [-0.25, -0.2) is 0 Å². The molecule has 2 unspecified atom stereocenters. The van der Waals surface area contributed by atoms with Gasteiger partial charge in [0.1, 0.15) is 0 Å². The van der Waals surface area contributed by atoms with Crippen molar-refractivity contribution in [3.05, 3.63) is 36.4 Å². The summed E-state index contributed by atoms with van der Waals surface area (Å²) in [7, 11) is 0. The predicted molar refractivity (Wildman–Crippen MR) is 73.3 cm³/mol. The molecule has 0 radical (unpaired) electrons. The van der Waals surface area contributed by atoms with Gasteiger partial charge in [-0.05, 0) is 31.5 Å². The molecule has 0 spiro atoms. The second-order valence-corrected chi connectivity index (χ2v) is 4.67. The van der Waals surface area contributed by atoms with Crippen LogP contribution >= 0.6 is 0 Å². The quantitative estimate of drug-likeness (QED) is 0.829. The third-order valence-electron chi connectivity index (χ3n) is 3.14. The standard InChI is InChI=1S/C15H21NO2/c1-4-11(2)16-12(3)13-6-7-14-15(10-13)18-9-5-8-17-14/h4,6-7,10-12,16H,1,5,8-9H2,2-3H3. The topological polar surface area (TPSA) is 30.5 Å². The highest BCUT2D eigenvalue weighted by atomic mass is 16.5. The zero-order chi connectivity index (χ0) is 13.0. The number of rotatable bonds is 4. The molecular formula is C15H21NO2. The minimum atomic E-state index is 0.259. The van der Waals surface area contributed by atoms with Gasteiger partial charge in [0.25, 0.3) is 0 Å². The molecule has 2 atom stereocenters. The van der Waals surface area contributed by atoms with Crippen LogP contribution in [0.2, 0.25) is 0 Å². The van der Waals surface area contributed by atoms with Crippen LogP contribution in [0.1, 0.15) is 31.9 Å². The lowest BCUT2D eigenvalue weighted by Gasteiger charge is -2.19. The normalized spacial score (nSPS) is 17.7. The minimum Gasteiger partial charge on any atom is -0.490 e. The molecule has 0 fully saturated rings. The number of benzene rings is 1. The van der Waals surface area contributed by atoms with Crippen molar-refractivity contribution in [1.82, 2.24) is 5.32 Å². The molecule has 0 amide bonds. The van der Waals surface area contributed by atoms with E-state index in [0.29, 0.717) is 0 Å². The van der Waals surface area contributed by atoms with Crippen molar-refractivity contribution in [2.75, 3.05) is 13.2 Å². The smallest absolute Gasteiger partial charge is 0.161 e. The Kier molecular flexibility index (Phi) is 4.26. The molecule has 0 saturated heterocycles. The second-order valence-electron chi connectivity index (χ2n) is 4.67. The van der Waals surface area contributed by atoms with E-state index in [1.54, 1.807) is 0 Å². The molecule has 98 valence electrons. The molecule has 1 heterocycles. The van der Waals surface area contributed by atoms with Gasteiger partial charge in [-0.2, -0.15) is 0 Å². The summed E-state index contributed by atoms with van der Waals surface area (Å²) in [5.74, 6) is 1.70. The minimum absolute atomic E-state index is 0.259. The van der Waals surface area contributed by atoms with Gasteiger partial charge < -0.3 is 14.8 Å². The fraction of sp³-hybridized carbons (Fsp3) is 0.467. The fourth-order valence-corrected chi connectivity index (χ4v) is 2.01. The first-order chi connectivity index (χ1) is 8.70. The Morgan fingerprint density at radius 2 is 1.94 bits per heavy atom. The van der Waals surface area contributed by atoms with Gasteiger partial charge in [0.15, 0.2) is 11.5 Å². The van der Waals surface area contributed by atoms with Gasteiger partial charge in [0, 0.05) is 18.5 Å². The predicted octanol–water partition coefficient (Wildman–Crippen LogP) is 3.07. The number of hydrogen-bond donors (Lipinski definition) is 1. The van der Waals surface area contributed by atoms with Crippen LogP contribution in [0.25, 0.3) is 0 Å². The highest BCUT2D eigenvalue weighted by Gasteiger charge is 2.14. The van der Waals surface area contributed by atoms with Crippen molar-refractivity contribution in [3.8, 4) is 11.5 Å². The molecule has 3 nitrogen and oxygen atoms in total. The van der Waals surface area contributed by atoms with Gasteiger partial charge in [-0.3, -0.25) is 0 Å². The highest BCUT2D eigenvalue weighted by Crippen LogP contribution is 2.32. The molecule has 1 aliphatic rings. The van der Waals surface area contributed by atoms with Crippen molar-refractivity contribution in [2.24, 2.45) is 0 Å². The van der Waals surface area contributed by atoms with E-state index < -0.39 is 0 Å². The van der Waals surface area contributed by atoms with Crippen LogP contribution < -0.4 is 14.8 Å². The summed E-state index contributed by atoms with van der Waals surface area (Å²) in [4.78, 5) is 0. The van der Waals surface area contributed by atoms with Crippen molar-refractivity contribution >= 4 is 0 Å². The zero-order valence-electron chi connectivity index (χ0n) is 11.1. The largest absolute Gasteiger partial charge is 0.490 e. The molecule has 3 heteroatoms. The number of ether oxygens (including phenoxy) is 2. The summed E-state index contributed by atoms with van der Waals surface area (Å²) in [6.45, 7) is 9.46. The van der Waals surface area contributed by atoms with Crippen molar-refractivity contribution in [3.63, 3.8) is 0 Å². The Hall–Kier alpha value is -1.48. The Labute approximate surface area is 109 Å². The third-order valence-corrected chi connectivity index (χ3v) is 3.14. The lowest BCUT2D eigenvalue weighted by atomic mass is 10.1. The Balaban J connectivity index is 2.14. The first kappa shape index (κ1) is 13.0. The van der Waals surface area contributed by atoms with Crippen molar-refractivity contribution in [2.45, 2.75) is 32.4 Å². The van der Waals surface area contributed by atoms with Crippen LogP contribution in [-0.4, -0.2) is 19.3 Å². The number of fused-ring (bicyclic) bond motifs is 1. The molecule has 1 aromatic carbocycles. The van der Waals surface area contributed by atoms with Gasteiger partial charge in [-0.1, -0.05) is 12.1 Å². The lowest BCUT2D eigenvalue weighted by molar-refractivity contribution is 0.297. The Morgan fingerprint density at radius 1 is 1.22 bits per heavy atom. The summed E-state index contributed by atoms with van der Waals surface area (Å²) in [5, 5.41) is 3.45. The summed E-state index contributed by atoms with van der Waals surface area (Å²) in [5.41, 5.74) is 1.20. The van der Waals surface area contributed by atoms with E-state index in [4.69, 9.17) is 9.47 Å². The molecule has 1 aromatic rings. The summed E-state index contributed by atoms with van der Waals surface area (Å²) in [6.07, 6.45) is 2.84. The van der Waals surface area contributed by atoms with Crippen LogP contribution in [0, 0.1) is 0 Å². The van der Waals surface area contributed by atoms with Crippen LogP contribution in [-0.2, 0) is 0 Å². The first-order valence-corrected chi connectivity index (χ1v) is 6.49. The average molecular weight is 247 g/mol. The van der Waals surface area contributed by atoms with Crippen LogP contribution in [0.5, 0.6) is 11.5 Å². The van der Waals surface area contributed by atoms with Crippen LogP contribution in [0.15, 0.2) is 30.9 Å². The van der Waals surface area contributed by atoms with Gasteiger partial charge in [-0.15, -0.1) is 6.58 Å².